The maximum atomic E-state index is 12.0. The minimum Gasteiger partial charge on any atom is -0.480 e. The number of carbonyl (C=O) groups is 3. The molecule has 1 aromatic rings. The molecule has 2 N–H and O–H groups in total. The van der Waals surface area contributed by atoms with Gasteiger partial charge in [0.1, 0.15) is 13.1 Å². The first-order chi connectivity index (χ1) is 9.40. The average Bonchev–Trinajstić information content (AvgIpc) is 2.37. The summed E-state index contributed by atoms with van der Waals surface area (Å²) in [5, 5.41) is 17.4. The van der Waals surface area contributed by atoms with Crippen molar-refractivity contribution >= 4 is 18.0 Å². The summed E-state index contributed by atoms with van der Waals surface area (Å²) in [5.74, 6) is -2.54. The number of urea groups is 1. The number of carboxylic acids is 2. The van der Waals surface area contributed by atoms with E-state index in [1.54, 1.807) is 24.5 Å². The van der Waals surface area contributed by atoms with Gasteiger partial charge in [-0.15, -0.1) is 0 Å². The normalized spacial score (nSPS) is 9.85. The zero-order valence-corrected chi connectivity index (χ0v) is 10.9. The maximum Gasteiger partial charge on any atom is 0.323 e. The molecule has 8 nitrogen and oxygen atoms in total. The molecule has 0 radical (unpaired) electrons. The van der Waals surface area contributed by atoms with Crippen LogP contribution in [0, 0.1) is 0 Å². The van der Waals surface area contributed by atoms with Gasteiger partial charge in [0.15, 0.2) is 0 Å². The van der Waals surface area contributed by atoms with E-state index in [-0.39, 0.29) is 6.54 Å². The molecule has 0 bridgehead atoms. The third-order valence-corrected chi connectivity index (χ3v) is 2.39. The lowest BCUT2D eigenvalue weighted by Gasteiger charge is -2.25. The molecule has 0 saturated heterocycles. The SMILES string of the molecule is CN(Cc1cccnc1)C(=O)N(CC(=O)O)CC(=O)O. The fourth-order valence-electron chi connectivity index (χ4n) is 1.59. The van der Waals surface area contributed by atoms with Crippen molar-refractivity contribution in [1.29, 1.82) is 0 Å². The van der Waals surface area contributed by atoms with Crippen molar-refractivity contribution in [3.05, 3.63) is 30.1 Å². The summed E-state index contributed by atoms with van der Waals surface area (Å²) >= 11 is 0. The van der Waals surface area contributed by atoms with Gasteiger partial charge in [-0.1, -0.05) is 6.07 Å². The van der Waals surface area contributed by atoms with E-state index in [4.69, 9.17) is 10.2 Å². The second-order valence-corrected chi connectivity index (χ2v) is 4.14. The Morgan fingerprint density at radius 3 is 2.25 bits per heavy atom. The second kappa shape index (κ2) is 7.07. The van der Waals surface area contributed by atoms with E-state index in [2.05, 4.69) is 4.98 Å². The molecule has 0 fully saturated rings. The van der Waals surface area contributed by atoms with E-state index in [9.17, 15) is 14.4 Å². The van der Waals surface area contributed by atoms with Crippen LogP contribution in [-0.2, 0) is 16.1 Å². The number of carboxylic acid groups (broad SMARTS) is 2. The Bertz CT molecular complexity index is 475. The van der Waals surface area contributed by atoms with Crippen molar-refractivity contribution in [2.24, 2.45) is 0 Å². The van der Waals surface area contributed by atoms with Crippen LogP contribution in [0.25, 0.3) is 0 Å². The number of aliphatic carboxylic acids is 2. The van der Waals surface area contributed by atoms with E-state index in [1.165, 1.54) is 11.9 Å². The third kappa shape index (κ3) is 4.92. The Morgan fingerprint density at radius 2 is 1.80 bits per heavy atom. The molecule has 0 saturated carbocycles. The van der Waals surface area contributed by atoms with Crippen LogP contribution in [0.4, 0.5) is 4.79 Å². The molecule has 8 heteroatoms. The van der Waals surface area contributed by atoms with Crippen LogP contribution >= 0.6 is 0 Å². The van der Waals surface area contributed by atoms with Crippen LogP contribution in [-0.4, -0.2) is 63.1 Å². The lowest BCUT2D eigenvalue weighted by Crippen LogP contribution is -2.45. The van der Waals surface area contributed by atoms with E-state index >= 15 is 0 Å². The highest BCUT2D eigenvalue weighted by molar-refractivity contribution is 5.84. The smallest absolute Gasteiger partial charge is 0.323 e. The summed E-state index contributed by atoms with van der Waals surface area (Å²) in [6, 6.07) is 2.80. The number of nitrogens with zero attached hydrogens (tertiary/aromatic N) is 3. The molecular formula is C12H15N3O5. The first kappa shape index (κ1) is 15.4. The Labute approximate surface area is 115 Å². The van der Waals surface area contributed by atoms with E-state index in [1.807, 2.05) is 0 Å². The molecular weight excluding hydrogens is 266 g/mol. The lowest BCUT2D eigenvalue weighted by atomic mass is 10.3. The van der Waals surface area contributed by atoms with Crippen molar-refractivity contribution < 1.29 is 24.6 Å². The van der Waals surface area contributed by atoms with Crippen molar-refractivity contribution in [2.75, 3.05) is 20.1 Å². The summed E-state index contributed by atoms with van der Waals surface area (Å²) in [6.45, 7) is -1.12. The molecule has 0 atom stereocenters. The van der Waals surface area contributed by atoms with Crippen LogP contribution in [0.1, 0.15) is 5.56 Å². The fourth-order valence-corrected chi connectivity index (χ4v) is 1.59. The first-order valence-corrected chi connectivity index (χ1v) is 5.72. The van der Waals surface area contributed by atoms with Gasteiger partial charge < -0.3 is 20.0 Å². The van der Waals surface area contributed by atoms with Crippen molar-refractivity contribution in [1.82, 2.24) is 14.8 Å². The Kier molecular flexibility index (Phi) is 5.45. The molecule has 0 aromatic carbocycles. The summed E-state index contributed by atoms with van der Waals surface area (Å²) in [6.07, 6.45) is 3.16. The summed E-state index contributed by atoms with van der Waals surface area (Å²) < 4.78 is 0. The third-order valence-electron chi connectivity index (χ3n) is 2.39. The molecule has 2 amide bonds. The topological polar surface area (TPSA) is 111 Å². The molecule has 108 valence electrons. The number of carbonyl (C=O) groups excluding carboxylic acids is 1. The average molecular weight is 281 g/mol. The van der Waals surface area contributed by atoms with Gasteiger partial charge in [0.05, 0.1) is 0 Å². The number of amides is 2. The first-order valence-electron chi connectivity index (χ1n) is 5.72. The molecule has 20 heavy (non-hydrogen) atoms. The van der Waals surface area contributed by atoms with Gasteiger partial charge in [0.25, 0.3) is 0 Å². The Morgan fingerprint density at radius 1 is 1.20 bits per heavy atom. The fraction of sp³-hybridized carbons (Fsp3) is 0.333. The van der Waals surface area contributed by atoms with Gasteiger partial charge in [-0.05, 0) is 11.6 Å². The second-order valence-electron chi connectivity index (χ2n) is 4.14. The van der Waals surface area contributed by atoms with E-state index < -0.39 is 31.1 Å². The van der Waals surface area contributed by atoms with E-state index in [0.29, 0.717) is 0 Å². The number of rotatable bonds is 6. The van der Waals surface area contributed by atoms with Gasteiger partial charge in [-0.2, -0.15) is 0 Å². The van der Waals surface area contributed by atoms with Gasteiger partial charge >= 0.3 is 18.0 Å². The standard InChI is InChI=1S/C12H15N3O5/c1-14(6-9-3-2-4-13-5-9)12(20)15(7-10(16)17)8-11(18)19/h2-5H,6-8H2,1H3,(H,16,17)(H,18,19). The van der Waals surface area contributed by atoms with Crippen LogP contribution < -0.4 is 0 Å². The summed E-state index contributed by atoms with van der Waals surface area (Å²) in [7, 11) is 1.46. The van der Waals surface area contributed by atoms with Gasteiger partial charge in [0, 0.05) is 26.0 Å². The lowest BCUT2D eigenvalue weighted by molar-refractivity contribution is -0.140. The molecule has 0 spiro atoms. The molecule has 1 rings (SSSR count). The summed E-state index contributed by atoms with van der Waals surface area (Å²) in [4.78, 5) is 39.2. The zero-order chi connectivity index (χ0) is 15.1. The molecule has 0 aliphatic rings. The van der Waals surface area contributed by atoms with Crippen LogP contribution in [0.2, 0.25) is 0 Å². The summed E-state index contributed by atoms with van der Waals surface area (Å²) in [5.41, 5.74) is 0.758. The monoisotopic (exact) mass is 281 g/mol. The number of aromatic nitrogens is 1. The minimum atomic E-state index is -1.27. The van der Waals surface area contributed by atoms with Crippen LogP contribution in [0.15, 0.2) is 24.5 Å². The van der Waals surface area contributed by atoms with Crippen molar-refractivity contribution in [3.63, 3.8) is 0 Å². The van der Waals surface area contributed by atoms with Gasteiger partial charge in [-0.3, -0.25) is 14.6 Å². The quantitative estimate of drug-likeness (QED) is 0.765. The molecule has 1 aromatic heterocycles. The number of pyridine rings is 1. The maximum absolute atomic E-state index is 12.0. The molecule has 1 heterocycles. The van der Waals surface area contributed by atoms with Gasteiger partial charge in [0.2, 0.25) is 0 Å². The minimum absolute atomic E-state index is 0.211. The van der Waals surface area contributed by atoms with Crippen molar-refractivity contribution in [2.45, 2.75) is 6.54 Å². The largest absolute Gasteiger partial charge is 0.480 e. The van der Waals surface area contributed by atoms with Crippen LogP contribution in [0.5, 0.6) is 0 Å². The highest BCUT2D eigenvalue weighted by Crippen LogP contribution is 2.04. The highest BCUT2D eigenvalue weighted by atomic mass is 16.4. The predicted molar refractivity (Wildman–Crippen MR) is 67.9 cm³/mol. The number of hydrogen-bond donors (Lipinski definition) is 2. The Balaban J connectivity index is 2.72. The molecule has 0 aliphatic heterocycles. The van der Waals surface area contributed by atoms with E-state index in [0.717, 1.165) is 10.5 Å². The van der Waals surface area contributed by atoms with Gasteiger partial charge in [-0.25, -0.2) is 4.79 Å². The Hall–Kier alpha value is -2.64. The zero-order valence-electron chi connectivity index (χ0n) is 10.9. The highest BCUT2D eigenvalue weighted by Gasteiger charge is 2.22. The molecule has 0 unspecified atom stereocenters. The predicted octanol–water partition coefficient (Wildman–Crippen LogP) is 0.105. The van der Waals surface area contributed by atoms with Crippen LogP contribution in [0.3, 0.4) is 0 Å². The number of hydrogen-bond acceptors (Lipinski definition) is 4. The van der Waals surface area contributed by atoms with Crippen molar-refractivity contribution in [3.8, 4) is 0 Å². The molecule has 0 aliphatic carbocycles.